The summed E-state index contributed by atoms with van der Waals surface area (Å²) in [6.07, 6.45) is 1.52. The average Bonchev–Trinajstić information content (AvgIpc) is 2.76. The minimum Gasteiger partial charge on any atom is -0.480 e. The van der Waals surface area contributed by atoms with Gasteiger partial charge >= 0.3 is 24.1 Å². The summed E-state index contributed by atoms with van der Waals surface area (Å²) >= 11 is 0. The van der Waals surface area contributed by atoms with Crippen molar-refractivity contribution < 1.29 is 38.9 Å². The van der Waals surface area contributed by atoms with Crippen LogP contribution in [-0.4, -0.2) is 46.9 Å². The first-order valence-electron chi connectivity index (χ1n) is 10.4. The van der Waals surface area contributed by atoms with Crippen LogP contribution in [0.5, 0.6) is 11.5 Å². The average molecular weight is 470 g/mol. The van der Waals surface area contributed by atoms with Crippen molar-refractivity contribution in [3.63, 3.8) is 0 Å². The van der Waals surface area contributed by atoms with Gasteiger partial charge in [0, 0.05) is 5.56 Å². The molecule has 0 saturated carbocycles. The van der Waals surface area contributed by atoms with Gasteiger partial charge in [0.1, 0.15) is 24.1 Å². The summed E-state index contributed by atoms with van der Waals surface area (Å²) in [6.45, 7) is 4.21. The van der Waals surface area contributed by atoms with Crippen LogP contribution in [0, 0.1) is 0 Å². The van der Waals surface area contributed by atoms with Gasteiger partial charge in [-0.05, 0) is 36.1 Å². The number of carboxylic acid groups (broad SMARTS) is 2. The zero-order chi connectivity index (χ0) is 25.3. The molecule has 2 aromatic rings. The summed E-state index contributed by atoms with van der Waals surface area (Å²) in [5.41, 5.74) is 1.77. The third-order valence-electron chi connectivity index (χ3n) is 4.47. The molecule has 2 rings (SSSR count). The number of benzene rings is 2. The fraction of sp³-hybridized carbons (Fsp3) is 0.250. The Hall–Kier alpha value is -4.34. The van der Waals surface area contributed by atoms with Gasteiger partial charge in [-0.2, -0.15) is 0 Å². The van der Waals surface area contributed by atoms with E-state index >= 15 is 0 Å². The summed E-state index contributed by atoms with van der Waals surface area (Å²) in [4.78, 5) is 46.2. The monoisotopic (exact) mass is 470 g/mol. The number of carbonyl (C=O) groups is 4. The zero-order valence-electron chi connectivity index (χ0n) is 18.9. The molecule has 10 nitrogen and oxygen atoms in total. The number of carboxylic acids is 2. The maximum absolute atomic E-state index is 12.3. The van der Waals surface area contributed by atoms with E-state index in [4.69, 9.17) is 19.7 Å². The first kappa shape index (κ1) is 25.9. The summed E-state index contributed by atoms with van der Waals surface area (Å²) < 4.78 is 10.7. The molecule has 34 heavy (non-hydrogen) atoms. The highest BCUT2D eigenvalue weighted by atomic mass is 16.6. The lowest BCUT2D eigenvalue weighted by Crippen LogP contribution is -2.40. The number of nitrogens with one attached hydrogen (secondary N) is 2. The summed E-state index contributed by atoms with van der Waals surface area (Å²) in [7, 11) is 0. The maximum atomic E-state index is 12.3. The van der Waals surface area contributed by atoms with Crippen LogP contribution < -0.4 is 20.1 Å². The molecule has 0 fully saturated rings. The Kier molecular flexibility index (Phi) is 9.18. The van der Waals surface area contributed by atoms with E-state index in [0.717, 1.165) is 5.56 Å². The number of carbonyl (C=O) groups excluding carboxylic acids is 2. The quantitative estimate of drug-likeness (QED) is 0.405. The first-order chi connectivity index (χ1) is 16.1. The van der Waals surface area contributed by atoms with Crippen LogP contribution in [0.3, 0.4) is 0 Å². The number of hydrogen-bond donors (Lipinski definition) is 4. The molecule has 0 unspecified atom stereocenters. The van der Waals surface area contributed by atoms with Crippen LogP contribution in [0.1, 0.15) is 43.4 Å². The molecule has 10 heteroatoms. The predicted octanol–water partition coefficient (Wildman–Crippen LogP) is 3.71. The molecule has 0 aliphatic heterocycles. The Morgan fingerprint density at radius 2 is 1.44 bits per heavy atom. The number of ether oxygens (including phenoxy) is 2. The number of aliphatic carboxylic acids is 2. The molecule has 0 aromatic heterocycles. The molecular weight excluding hydrogens is 444 g/mol. The second-order valence-electron chi connectivity index (χ2n) is 7.56. The van der Waals surface area contributed by atoms with Gasteiger partial charge in [0.15, 0.2) is 0 Å². The van der Waals surface area contributed by atoms with Crippen molar-refractivity contribution in [1.29, 1.82) is 0 Å². The van der Waals surface area contributed by atoms with Crippen LogP contribution in [0.15, 0.2) is 42.5 Å². The lowest BCUT2D eigenvalue weighted by atomic mass is 9.98. The van der Waals surface area contributed by atoms with Gasteiger partial charge in [-0.15, -0.1) is 0 Å². The normalized spacial score (nSPS) is 11.6. The molecular formula is C24H26N2O8. The van der Waals surface area contributed by atoms with Gasteiger partial charge in [-0.1, -0.05) is 56.3 Å². The molecule has 180 valence electrons. The molecule has 0 saturated heterocycles. The molecule has 4 N–H and O–H groups in total. The minimum atomic E-state index is -1.24. The third kappa shape index (κ3) is 7.97. The topological polar surface area (TPSA) is 151 Å². The van der Waals surface area contributed by atoms with Crippen molar-refractivity contribution in [2.24, 2.45) is 0 Å². The summed E-state index contributed by atoms with van der Waals surface area (Å²) in [5, 5.41) is 22.1. The lowest BCUT2D eigenvalue weighted by molar-refractivity contribution is -0.139. The van der Waals surface area contributed by atoms with Crippen molar-refractivity contribution in [2.75, 3.05) is 6.54 Å². The Labute approximate surface area is 196 Å². The van der Waals surface area contributed by atoms with E-state index in [0.29, 0.717) is 11.1 Å². The van der Waals surface area contributed by atoms with Gasteiger partial charge in [0.05, 0.1) is 0 Å². The Morgan fingerprint density at radius 3 is 1.97 bits per heavy atom. The van der Waals surface area contributed by atoms with Crippen molar-refractivity contribution in [3.05, 3.63) is 59.2 Å². The fourth-order valence-electron chi connectivity index (χ4n) is 2.86. The van der Waals surface area contributed by atoms with Gasteiger partial charge < -0.3 is 30.3 Å². The van der Waals surface area contributed by atoms with E-state index in [9.17, 15) is 19.2 Å². The van der Waals surface area contributed by atoms with Crippen molar-refractivity contribution in [1.82, 2.24) is 10.6 Å². The highest BCUT2D eigenvalue weighted by Gasteiger charge is 2.22. The minimum absolute atomic E-state index is 0.0568. The number of hydrogen-bond acceptors (Lipinski definition) is 6. The van der Waals surface area contributed by atoms with Crippen molar-refractivity contribution in [3.8, 4) is 11.5 Å². The largest absolute Gasteiger partial charge is 0.480 e. The molecule has 0 aliphatic carbocycles. The Balaban J connectivity index is 2.45. The van der Waals surface area contributed by atoms with E-state index in [1.807, 2.05) is 30.3 Å². The molecule has 0 bridgehead atoms. The molecule has 0 aliphatic rings. The van der Waals surface area contributed by atoms with Gasteiger partial charge in [-0.25, -0.2) is 9.59 Å². The predicted molar refractivity (Wildman–Crippen MR) is 124 cm³/mol. The Morgan fingerprint density at radius 1 is 0.882 bits per heavy atom. The SMILES string of the molecule is CC(C)c1c(OC(=O)NCC(=O)O)cc(/C=C/c2ccccc2)cc1OC(=O)N[C@@H](C)C(=O)O. The second kappa shape index (κ2) is 12.0. The van der Waals surface area contributed by atoms with Crippen molar-refractivity contribution >= 4 is 36.3 Å². The molecule has 2 amide bonds. The molecule has 0 heterocycles. The van der Waals surface area contributed by atoms with Crippen LogP contribution in [-0.2, 0) is 9.59 Å². The molecule has 0 radical (unpaired) electrons. The third-order valence-corrected chi connectivity index (χ3v) is 4.47. The summed E-state index contributed by atoms with van der Waals surface area (Å²) in [6, 6.07) is 11.3. The van der Waals surface area contributed by atoms with Crippen LogP contribution >= 0.6 is 0 Å². The van der Waals surface area contributed by atoms with Gasteiger partial charge in [-0.3, -0.25) is 9.59 Å². The standard InChI is InChI=1S/C24H26N2O8/c1-14(2)21-18(33-23(31)25-13-20(27)28)11-17(10-9-16-7-5-4-6-8-16)12-19(21)34-24(32)26-15(3)22(29)30/h4-12,14-15H,13H2,1-3H3,(H,25,31)(H,26,32)(H,27,28)(H,29,30)/b10-9+/t15-/m0/s1. The fourth-order valence-corrected chi connectivity index (χ4v) is 2.86. The highest BCUT2D eigenvalue weighted by molar-refractivity contribution is 5.82. The number of rotatable bonds is 9. The van der Waals surface area contributed by atoms with E-state index in [1.54, 1.807) is 38.1 Å². The van der Waals surface area contributed by atoms with Crippen molar-refractivity contribution in [2.45, 2.75) is 32.7 Å². The molecule has 1 atom stereocenters. The smallest absolute Gasteiger partial charge is 0.413 e. The summed E-state index contributed by atoms with van der Waals surface area (Å²) in [5.74, 6) is -2.65. The second-order valence-corrected chi connectivity index (χ2v) is 7.56. The lowest BCUT2D eigenvalue weighted by Gasteiger charge is -2.19. The zero-order valence-corrected chi connectivity index (χ0v) is 18.9. The maximum Gasteiger partial charge on any atom is 0.413 e. The van der Waals surface area contributed by atoms with E-state index in [2.05, 4.69) is 10.6 Å². The Bertz CT molecular complexity index is 1080. The first-order valence-corrected chi connectivity index (χ1v) is 10.4. The van der Waals surface area contributed by atoms with Crippen LogP contribution in [0.2, 0.25) is 0 Å². The highest BCUT2D eigenvalue weighted by Crippen LogP contribution is 2.37. The molecule has 0 spiro atoms. The van der Waals surface area contributed by atoms with Crippen LogP contribution in [0.4, 0.5) is 9.59 Å². The molecule has 2 aromatic carbocycles. The van der Waals surface area contributed by atoms with E-state index in [1.165, 1.54) is 6.92 Å². The van der Waals surface area contributed by atoms with Crippen LogP contribution in [0.25, 0.3) is 12.2 Å². The number of amides is 2. The van der Waals surface area contributed by atoms with Gasteiger partial charge in [0.2, 0.25) is 0 Å². The van der Waals surface area contributed by atoms with E-state index in [-0.39, 0.29) is 17.4 Å². The van der Waals surface area contributed by atoms with Gasteiger partial charge in [0.25, 0.3) is 0 Å². The van der Waals surface area contributed by atoms with E-state index < -0.39 is 36.7 Å².